The SMILES string of the molecule is CCCCNCC1(C#N)CC1. The molecule has 0 saturated heterocycles. The molecule has 0 bridgehead atoms. The molecule has 1 fully saturated rings. The first-order valence-corrected chi connectivity index (χ1v) is 4.45. The average molecular weight is 152 g/mol. The molecule has 0 aromatic carbocycles. The monoisotopic (exact) mass is 152 g/mol. The smallest absolute Gasteiger partial charge is 0.0703 e. The molecule has 0 atom stereocenters. The van der Waals surface area contributed by atoms with Crippen molar-refractivity contribution in [2.45, 2.75) is 32.6 Å². The molecule has 0 spiro atoms. The van der Waals surface area contributed by atoms with E-state index in [-0.39, 0.29) is 5.41 Å². The normalized spacial score (nSPS) is 19.3. The van der Waals surface area contributed by atoms with Gasteiger partial charge in [0.05, 0.1) is 11.5 Å². The average Bonchev–Trinajstić information content (AvgIpc) is 2.80. The number of hydrogen-bond acceptors (Lipinski definition) is 2. The van der Waals surface area contributed by atoms with E-state index in [4.69, 9.17) is 5.26 Å². The summed E-state index contributed by atoms with van der Waals surface area (Å²) in [6, 6.07) is 2.37. The molecule has 0 aromatic heterocycles. The minimum atomic E-state index is 0.0355. The van der Waals surface area contributed by atoms with Gasteiger partial charge in [-0.05, 0) is 25.8 Å². The summed E-state index contributed by atoms with van der Waals surface area (Å²) in [5.74, 6) is 0. The van der Waals surface area contributed by atoms with Gasteiger partial charge in [0.1, 0.15) is 0 Å². The second-order valence-electron chi connectivity index (χ2n) is 3.42. The lowest BCUT2D eigenvalue weighted by Crippen LogP contribution is -2.23. The van der Waals surface area contributed by atoms with Crippen LogP contribution in [0.1, 0.15) is 32.6 Å². The van der Waals surface area contributed by atoms with Crippen LogP contribution >= 0.6 is 0 Å². The fraction of sp³-hybridized carbons (Fsp3) is 0.889. The summed E-state index contributed by atoms with van der Waals surface area (Å²) in [5.41, 5.74) is 0.0355. The van der Waals surface area contributed by atoms with Gasteiger partial charge in [0.25, 0.3) is 0 Å². The molecule has 1 saturated carbocycles. The van der Waals surface area contributed by atoms with Crippen molar-refractivity contribution in [2.75, 3.05) is 13.1 Å². The van der Waals surface area contributed by atoms with Crippen LogP contribution in [0.15, 0.2) is 0 Å². The predicted octanol–water partition coefficient (Wildman–Crippen LogP) is 1.68. The van der Waals surface area contributed by atoms with E-state index in [1.807, 2.05) is 0 Å². The zero-order valence-corrected chi connectivity index (χ0v) is 7.19. The van der Waals surface area contributed by atoms with Crippen molar-refractivity contribution in [3.8, 4) is 6.07 Å². The fourth-order valence-electron chi connectivity index (χ4n) is 1.11. The molecule has 2 heteroatoms. The highest BCUT2D eigenvalue weighted by atomic mass is 14.9. The second kappa shape index (κ2) is 3.73. The Hall–Kier alpha value is -0.550. The minimum Gasteiger partial charge on any atom is -0.315 e. The molecule has 0 aliphatic heterocycles. The van der Waals surface area contributed by atoms with Crippen LogP contribution in [0.2, 0.25) is 0 Å². The van der Waals surface area contributed by atoms with Gasteiger partial charge in [0, 0.05) is 6.54 Å². The van der Waals surface area contributed by atoms with Crippen molar-refractivity contribution in [1.82, 2.24) is 5.32 Å². The van der Waals surface area contributed by atoms with Crippen molar-refractivity contribution in [2.24, 2.45) is 5.41 Å². The van der Waals surface area contributed by atoms with E-state index >= 15 is 0 Å². The molecule has 0 radical (unpaired) electrons. The molecule has 1 rings (SSSR count). The van der Waals surface area contributed by atoms with Gasteiger partial charge in [0.2, 0.25) is 0 Å². The van der Waals surface area contributed by atoms with Gasteiger partial charge >= 0.3 is 0 Å². The third kappa shape index (κ3) is 2.51. The largest absolute Gasteiger partial charge is 0.315 e. The predicted molar refractivity (Wildman–Crippen MR) is 45.1 cm³/mol. The zero-order chi connectivity index (χ0) is 8.16. The van der Waals surface area contributed by atoms with E-state index < -0.39 is 0 Å². The van der Waals surface area contributed by atoms with Crippen LogP contribution in [0, 0.1) is 16.7 Å². The highest BCUT2D eigenvalue weighted by Crippen LogP contribution is 2.43. The van der Waals surface area contributed by atoms with Gasteiger partial charge < -0.3 is 5.32 Å². The first-order valence-electron chi connectivity index (χ1n) is 4.45. The molecule has 1 aliphatic rings. The van der Waals surface area contributed by atoms with Crippen LogP contribution in [0.5, 0.6) is 0 Å². The summed E-state index contributed by atoms with van der Waals surface area (Å²) in [4.78, 5) is 0. The molecule has 0 heterocycles. The number of unbranched alkanes of at least 4 members (excludes halogenated alkanes) is 1. The first-order chi connectivity index (χ1) is 5.33. The van der Waals surface area contributed by atoms with E-state index in [0.717, 1.165) is 25.9 Å². The number of nitrogens with one attached hydrogen (secondary N) is 1. The Labute approximate surface area is 68.6 Å². The van der Waals surface area contributed by atoms with E-state index in [2.05, 4.69) is 18.3 Å². The lowest BCUT2D eigenvalue weighted by Gasteiger charge is -2.06. The van der Waals surface area contributed by atoms with Crippen LogP contribution in [-0.4, -0.2) is 13.1 Å². The highest BCUT2D eigenvalue weighted by molar-refractivity contribution is 5.10. The van der Waals surface area contributed by atoms with E-state index in [1.165, 1.54) is 12.8 Å². The van der Waals surface area contributed by atoms with Crippen LogP contribution < -0.4 is 5.32 Å². The molecule has 62 valence electrons. The second-order valence-corrected chi connectivity index (χ2v) is 3.42. The van der Waals surface area contributed by atoms with E-state index in [9.17, 15) is 0 Å². The molecule has 11 heavy (non-hydrogen) atoms. The summed E-state index contributed by atoms with van der Waals surface area (Å²) in [5, 5.41) is 12.0. The van der Waals surface area contributed by atoms with Crippen molar-refractivity contribution < 1.29 is 0 Å². The van der Waals surface area contributed by atoms with Crippen LogP contribution in [0.3, 0.4) is 0 Å². The van der Waals surface area contributed by atoms with Crippen LogP contribution in [0.25, 0.3) is 0 Å². The zero-order valence-electron chi connectivity index (χ0n) is 7.19. The third-order valence-electron chi connectivity index (χ3n) is 2.26. The maximum absolute atomic E-state index is 8.72. The quantitative estimate of drug-likeness (QED) is 0.608. The summed E-state index contributed by atoms with van der Waals surface area (Å²) >= 11 is 0. The lowest BCUT2D eigenvalue weighted by atomic mass is 10.1. The Morgan fingerprint density at radius 3 is 2.73 bits per heavy atom. The van der Waals surface area contributed by atoms with Crippen molar-refractivity contribution in [3.63, 3.8) is 0 Å². The minimum absolute atomic E-state index is 0.0355. The molecule has 0 unspecified atom stereocenters. The maximum Gasteiger partial charge on any atom is 0.0703 e. The molecule has 2 nitrogen and oxygen atoms in total. The maximum atomic E-state index is 8.72. The Morgan fingerprint density at radius 1 is 1.55 bits per heavy atom. The molecule has 0 amide bonds. The summed E-state index contributed by atoms with van der Waals surface area (Å²) < 4.78 is 0. The molecule has 1 N–H and O–H groups in total. The number of nitrogens with zero attached hydrogens (tertiary/aromatic N) is 1. The molecule has 0 aromatic rings. The van der Waals surface area contributed by atoms with E-state index in [0.29, 0.717) is 0 Å². The van der Waals surface area contributed by atoms with Crippen molar-refractivity contribution in [1.29, 1.82) is 5.26 Å². The van der Waals surface area contributed by atoms with Crippen molar-refractivity contribution in [3.05, 3.63) is 0 Å². The van der Waals surface area contributed by atoms with Gasteiger partial charge in [-0.1, -0.05) is 13.3 Å². The Kier molecular flexibility index (Phi) is 2.90. The third-order valence-corrected chi connectivity index (χ3v) is 2.26. The van der Waals surface area contributed by atoms with Crippen molar-refractivity contribution >= 4 is 0 Å². The summed E-state index contributed by atoms with van der Waals surface area (Å²) in [6.45, 7) is 4.16. The Bertz CT molecular complexity index is 153. The Morgan fingerprint density at radius 2 is 2.27 bits per heavy atom. The fourth-order valence-corrected chi connectivity index (χ4v) is 1.11. The molecular formula is C9H16N2. The summed E-state index contributed by atoms with van der Waals surface area (Å²) in [7, 11) is 0. The Balaban J connectivity index is 2.00. The summed E-state index contributed by atoms with van der Waals surface area (Å²) in [6.07, 6.45) is 4.65. The van der Waals surface area contributed by atoms with E-state index in [1.54, 1.807) is 0 Å². The van der Waals surface area contributed by atoms with Gasteiger partial charge in [0.15, 0.2) is 0 Å². The topological polar surface area (TPSA) is 35.8 Å². The first kappa shape index (κ1) is 8.55. The lowest BCUT2D eigenvalue weighted by molar-refractivity contribution is 0.545. The number of hydrogen-bond donors (Lipinski definition) is 1. The number of nitriles is 1. The molecule has 1 aliphatic carbocycles. The van der Waals surface area contributed by atoms with Gasteiger partial charge in [-0.25, -0.2) is 0 Å². The highest BCUT2D eigenvalue weighted by Gasteiger charge is 2.42. The van der Waals surface area contributed by atoms with Gasteiger partial charge in [-0.2, -0.15) is 5.26 Å². The van der Waals surface area contributed by atoms with Crippen LogP contribution in [-0.2, 0) is 0 Å². The standard InChI is InChI=1S/C9H16N2/c1-2-3-6-11-8-9(7-10)4-5-9/h11H,2-6,8H2,1H3. The van der Waals surface area contributed by atoms with Gasteiger partial charge in [-0.15, -0.1) is 0 Å². The number of rotatable bonds is 5. The molecular weight excluding hydrogens is 136 g/mol. The van der Waals surface area contributed by atoms with Crippen LogP contribution in [0.4, 0.5) is 0 Å². The van der Waals surface area contributed by atoms with Gasteiger partial charge in [-0.3, -0.25) is 0 Å².